The van der Waals surface area contributed by atoms with E-state index in [1.807, 2.05) is 0 Å². The highest BCUT2D eigenvalue weighted by Gasteiger charge is 2.20. The van der Waals surface area contributed by atoms with Crippen molar-refractivity contribution in [1.82, 2.24) is 4.98 Å². The van der Waals surface area contributed by atoms with Crippen molar-refractivity contribution in [2.75, 3.05) is 4.72 Å². The molecule has 0 amide bonds. The summed E-state index contributed by atoms with van der Waals surface area (Å²) in [5.41, 5.74) is 0.175. The molecule has 0 bridgehead atoms. The number of hydrogen-bond acceptors (Lipinski definition) is 3. The van der Waals surface area contributed by atoms with Crippen LogP contribution in [0.4, 0.5) is 5.69 Å². The molecule has 0 aliphatic carbocycles. The molecule has 0 aliphatic rings. The SMILES string of the molecule is O=S(=O)(Nc1cccc(Cl)c1Cl)c1cccnc1Cl. The molecule has 0 atom stereocenters. The van der Waals surface area contributed by atoms with Crippen molar-refractivity contribution in [3.05, 3.63) is 51.7 Å². The minimum atomic E-state index is -3.87. The molecule has 8 heteroatoms. The number of sulfonamides is 1. The van der Waals surface area contributed by atoms with E-state index < -0.39 is 10.0 Å². The zero-order valence-corrected chi connectivity index (χ0v) is 12.4. The summed E-state index contributed by atoms with van der Waals surface area (Å²) in [4.78, 5) is 3.58. The molecule has 0 aliphatic heterocycles. The van der Waals surface area contributed by atoms with E-state index in [1.54, 1.807) is 12.1 Å². The van der Waals surface area contributed by atoms with Crippen LogP contribution in [0.25, 0.3) is 0 Å². The Bertz CT molecular complexity index is 720. The smallest absolute Gasteiger partial charge is 0.265 e. The van der Waals surface area contributed by atoms with Gasteiger partial charge in [0, 0.05) is 6.20 Å². The number of pyridine rings is 1. The number of halogens is 3. The van der Waals surface area contributed by atoms with Crippen molar-refractivity contribution in [2.24, 2.45) is 0 Å². The fraction of sp³-hybridized carbons (Fsp3) is 0. The highest BCUT2D eigenvalue weighted by Crippen LogP contribution is 2.31. The van der Waals surface area contributed by atoms with Crippen molar-refractivity contribution in [3.8, 4) is 0 Å². The summed E-state index contributed by atoms with van der Waals surface area (Å²) < 4.78 is 26.6. The lowest BCUT2D eigenvalue weighted by atomic mass is 10.3. The van der Waals surface area contributed by atoms with Crippen molar-refractivity contribution in [1.29, 1.82) is 0 Å². The van der Waals surface area contributed by atoms with Gasteiger partial charge >= 0.3 is 0 Å². The molecule has 0 spiro atoms. The van der Waals surface area contributed by atoms with E-state index in [9.17, 15) is 8.42 Å². The molecule has 0 radical (unpaired) electrons. The Balaban J connectivity index is 2.43. The van der Waals surface area contributed by atoms with Crippen molar-refractivity contribution < 1.29 is 8.42 Å². The van der Waals surface area contributed by atoms with Gasteiger partial charge in [0.25, 0.3) is 10.0 Å². The topological polar surface area (TPSA) is 59.1 Å². The van der Waals surface area contributed by atoms with Gasteiger partial charge < -0.3 is 0 Å². The maximum atomic E-state index is 12.1. The van der Waals surface area contributed by atoms with Crippen LogP contribution in [0.2, 0.25) is 15.2 Å². The van der Waals surface area contributed by atoms with E-state index in [0.717, 1.165) is 0 Å². The van der Waals surface area contributed by atoms with E-state index in [4.69, 9.17) is 34.8 Å². The zero-order chi connectivity index (χ0) is 14.0. The predicted molar refractivity (Wildman–Crippen MR) is 76.5 cm³/mol. The number of nitrogens with one attached hydrogen (secondary N) is 1. The summed E-state index contributed by atoms with van der Waals surface area (Å²) >= 11 is 17.5. The third-order valence-corrected chi connectivity index (χ3v) is 4.84. The van der Waals surface area contributed by atoms with Gasteiger partial charge in [-0.25, -0.2) is 13.4 Å². The number of rotatable bonds is 3. The lowest BCUT2D eigenvalue weighted by Crippen LogP contribution is -2.14. The fourth-order valence-corrected chi connectivity index (χ4v) is 3.28. The lowest BCUT2D eigenvalue weighted by molar-refractivity contribution is 0.601. The second kappa shape index (κ2) is 5.54. The molecular weight excluding hydrogens is 331 g/mol. The first-order valence-electron chi connectivity index (χ1n) is 4.99. The van der Waals surface area contributed by atoms with Gasteiger partial charge in [0.15, 0.2) is 0 Å². The van der Waals surface area contributed by atoms with Crippen LogP contribution in [0.15, 0.2) is 41.4 Å². The first kappa shape index (κ1) is 14.4. The lowest BCUT2D eigenvalue weighted by Gasteiger charge is -2.10. The number of anilines is 1. The second-order valence-electron chi connectivity index (χ2n) is 3.50. The van der Waals surface area contributed by atoms with Crippen LogP contribution < -0.4 is 4.72 Å². The minimum Gasteiger partial charge on any atom is -0.278 e. The molecule has 1 aromatic carbocycles. The van der Waals surface area contributed by atoms with E-state index in [1.165, 1.54) is 24.4 Å². The molecule has 1 N–H and O–H groups in total. The van der Waals surface area contributed by atoms with Gasteiger partial charge in [-0.3, -0.25) is 4.72 Å². The molecule has 0 unspecified atom stereocenters. The Morgan fingerprint density at radius 1 is 1.05 bits per heavy atom. The van der Waals surface area contributed by atoms with E-state index in [-0.39, 0.29) is 25.8 Å². The third-order valence-electron chi connectivity index (χ3n) is 2.21. The third kappa shape index (κ3) is 3.12. The Morgan fingerprint density at radius 2 is 1.79 bits per heavy atom. The fourth-order valence-electron chi connectivity index (χ4n) is 1.35. The Labute approximate surface area is 125 Å². The standard InChI is InChI=1S/C11H7Cl3N2O2S/c12-7-3-1-4-8(10(7)13)16-19(17,18)9-5-2-6-15-11(9)14/h1-6,16H. The van der Waals surface area contributed by atoms with Gasteiger partial charge in [-0.2, -0.15) is 0 Å². The summed E-state index contributed by atoms with van der Waals surface area (Å²) in [7, 11) is -3.87. The van der Waals surface area contributed by atoms with Gasteiger partial charge in [-0.15, -0.1) is 0 Å². The molecular formula is C11H7Cl3N2O2S. The molecule has 19 heavy (non-hydrogen) atoms. The van der Waals surface area contributed by atoms with Crippen LogP contribution >= 0.6 is 34.8 Å². The largest absolute Gasteiger partial charge is 0.278 e. The normalized spacial score (nSPS) is 11.3. The Morgan fingerprint density at radius 3 is 2.47 bits per heavy atom. The molecule has 0 saturated heterocycles. The van der Waals surface area contributed by atoms with Gasteiger partial charge in [-0.1, -0.05) is 40.9 Å². The van der Waals surface area contributed by atoms with Gasteiger partial charge in [-0.05, 0) is 24.3 Å². The van der Waals surface area contributed by atoms with Gasteiger partial charge in [0.2, 0.25) is 0 Å². The van der Waals surface area contributed by atoms with E-state index >= 15 is 0 Å². The molecule has 4 nitrogen and oxygen atoms in total. The van der Waals surface area contributed by atoms with E-state index in [2.05, 4.69) is 9.71 Å². The van der Waals surface area contributed by atoms with Crippen LogP contribution in [0.3, 0.4) is 0 Å². The maximum Gasteiger partial charge on any atom is 0.265 e. The van der Waals surface area contributed by atoms with Crippen molar-refractivity contribution in [3.63, 3.8) is 0 Å². The predicted octanol–water partition coefficient (Wildman–Crippen LogP) is 3.84. The zero-order valence-electron chi connectivity index (χ0n) is 9.27. The number of benzene rings is 1. The maximum absolute atomic E-state index is 12.1. The molecule has 0 saturated carbocycles. The highest BCUT2D eigenvalue weighted by molar-refractivity contribution is 7.92. The first-order valence-corrected chi connectivity index (χ1v) is 7.61. The number of nitrogens with zero attached hydrogens (tertiary/aromatic N) is 1. The molecule has 100 valence electrons. The van der Waals surface area contributed by atoms with E-state index in [0.29, 0.717) is 0 Å². The number of hydrogen-bond donors (Lipinski definition) is 1. The quantitative estimate of drug-likeness (QED) is 0.866. The second-order valence-corrected chi connectivity index (χ2v) is 6.29. The summed E-state index contributed by atoms with van der Waals surface area (Å²) in [6.45, 7) is 0. The summed E-state index contributed by atoms with van der Waals surface area (Å²) in [6, 6.07) is 7.45. The average molecular weight is 338 g/mol. The minimum absolute atomic E-state index is 0.117. The Hall–Kier alpha value is -1.01. The molecule has 1 heterocycles. The van der Waals surface area contributed by atoms with Crippen LogP contribution in [0.5, 0.6) is 0 Å². The van der Waals surface area contributed by atoms with Crippen LogP contribution in [0.1, 0.15) is 0 Å². The van der Waals surface area contributed by atoms with Crippen molar-refractivity contribution >= 4 is 50.5 Å². The molecule has 1 aromatic heterocycles. The summed E-state index contributed by atoms with van der Waals surface area (Å²) in [6.07, 6.45) is 1.40. The van der Waals surface area contributed by atoms with Gasteiger partial charge in [0.05, 0.1) is 15.7 Å². The molecule has 2 aromatic rings. The first-order chi connectivity index (χ1) is 8.92. The van der Waals surface area contributed by atoms with Crippen LogP contribution in [-0.4, -0.2) is 13.4 Å². The Kier molecular flexibility index (Phi) is 4.20. The highest BCUT2D eigenvalue weighted by atomic mass is 35.5. The molecule has 0 fully saturated rings. The van der Waals surface area contributed by atoms with Crippen LogP contribution in [0, 0.1) is 0 Å². The van der Waals surface area contributed by atoms with Crippen molar-refractivity contribution in [2.45, 2.75) is 4.90 Å². The summed E-state index contributed by atoms with van der Waals surface area (Å²) in [5, 5.41) is 0.250. The monoisotopic (exact) mass is 336 g/mol. The number of aromatic nitrogens is 1. The molecule has 2 rings (SSSR count). The van der Waals surface area contributed by atoms with Gasteiger partial charge in [0.1, 0.15) is 10.0 Å². The van der Waals surface area contributed by atoms with Crippen LogP contribution in [-0.2, 0) is 10.0 Å². The average Bonchev–Trinajstić information content (AvgIpc) is 2.35. The summed E-state index contributed by atoms with van der Waals surface area (Å²) in [5.74, 6) is 0.